The third kappa shape index (κ3) is 3.85. The zero-order valence-electron chi connectivity index (χ0n) is 10.2. The van der Waals surface area contributed by atoms with E-state index in [1.807, 2.05) is 13.2 Å². The molecule has 0 aliphatic carbocycles. The van der Waals surface area contributed by atoms with E-state index in [9.17, 15) is 9.90 Å². The number of methoxy groups -OCH3 is 1. The van der Waals surface area contributed by atoms with Crippen LogP contribution in [-0.2, 0) is 0 Å². The van der Waals surface area contributed by atoms with Crippen molar-refractivity contribution < 1.29 is 14.6 Å². The number of ether oxygens (including phenoxy) is 1. The first-order chi connectivity index (χ1) is 8.08. The Morgan fingerprint density at radius 3 is 2.82 bits per heavy atom. The molecule has 17 heavy (non-hydrogen) atoms. The Morgan fingerprint density at radius 1 is 1.59 bits per heavy atom. The smallest absolute Gasteiger partial charge is 0.251 e. The van der Waals surface area contributed by atoms with E-state index in [1.165, 1.54) is 13.2 Å². The van der Waals surface area contributed by atoms with E-state index in [1.54, 1.807) is 23.9 Å². The van der Waals surface area contributed by atoms with Crippen LogP contribution in [0, 0.1) is 0 Å². The number of phenolic OH excluding ortho intramolecular Hbond substituents is 1. The van der Waals surface area contributed by atoms with Crippen molar-refractivity contribution in [2.45, 2.75) is 12.2 Å². The van der Waals surface area contributed by atoms with Crippen LogP contribution < -0.4 is 10.1 Å². The first-order valence-electron chi connectivity index (χ1n) is 5.26. The molecule has 0 fully saturated rings. The van der Waals surface area contributed by atoms with Crippen molar-refractivity contribution in [1.29, 1.82) is 0 Å². The number of amides is 1. The fourth-order valence-electron chi connectivity index (χ4n) is 1.25. The fraction of sp³-hybridized carbons (Fsp3) is 0.417. The van der Waals surface area contributed by atoms with Crippen LogP contribution in [0.1, 0.15) is 17.3 Å². The predicted molar refractivity (Wildman–Crippen MR) is 70.0 cm³/mol. The summed E-state index contributed by atoms with van der Waals surface area (Å²) in [5, 5.41) is 12.7. The summed E-state index contributed by atoms with van der Waals surface area (Å²) in [5.74, 6) is 0.140. The van der Waals surface area contributed by atoms with Crippen LogP contribution in [0.4, 0.5) is 0 Å². The number of benzene rings is 1. The molecule has 0 saturated carbocycles. The molecule has 0 bridgehead atoms. The normalized spacial score (nSPS) is 11.9. The molecular weight excluding hydrogens is 238 g/mol. The number of carbonyl (C=O) groups is 1. The van der Waals surface area contributed by atoms with E-state index in [4.69, 9.17) is 4.74 Å². The second kappa shape index (κ2) is 6.39. The molecule has 0 spiro atoms. The Morgan fingerprint density at radius 2 is 2.29 bits per heavy atom. The van der Waals surface area contributed by atoms with Crippen LogP contribution in [0.3, 0.4) is 0 Å². The van der Waals surface area contributed by atoms with E-state index in [0.717, 1.165) is 0 Å². The number of phenols is 1. The largest absolute Gasteiger partial charge is 0.504 e. The van der Waals surface area contributed by atoms with E-state index >= 15 is 0 Å². The van der Waals surface area contributed by atoms with Crippen LogP contribution >= 0.6 is 11.8 Å². The SMILES string of the molecule is COc1ccc(C(=O)NCC(C)SC)cc1O. The summed E-state index contributed by atoms with van der Waals surface area (Å²) >= 11 is 1.69. The molecule has 0 saturated heterocycles. The lowest BCUT2D eigenvalue weighted by Crippen LogP contribution is -2.29. The average molecular weight is 255 g/mol. The van der Waals surface area contributed by atoms with Crippen molar-refractivity contribution in [3.8, 4) is 11.5 Å². The van der Waals surface area contributed by atoms with Crippen LogP contribution in [0.15, 0.2) is 18.2 Å². The lowest BCUT2D eigenvalue weighted by Gasteiger charge is -2.10. The summed E-state index contributed by atoms with van der Waals surface area (Å²) in [4.78, 5) is 11.7. The fourth-order valence-corrected chi connectivity index (χ4v) is 1.50. The molecule has 1 unspecified atom stereocenters. The van der Waals surface area contributed by atoms with Gasteiger partial charge in [-0.15, -0.1) is 0 Å². The highest BCUT2D eigenvalue weighted by Gasteiger charge is 2.10. The Balaban J connectivity index is 2.66. The maximum atomic E-state index is 11.7. The Hall–Kier alpha value is -1.36. The van der Waals surface area contributed by atoms with Gasteiger partial charge in [-0.05, 0) is 24.5 Å². The lowest BCUT2D eigenvalue weighted by molar-refractivity contribution is 0.0953. The van der Waals surface area contributed by atoms with Gasteiger partial charge in [0.15, 0.2) is 11.5 Å². The van der Waals surface area contributed by atoms with Crippen LogP contribution in [-0.4, -0.2) is 36.2 Å². The number of hydrogen-bond donors (Lipinski definition) is 2. The number of aromatic hydroxyl groups is 1. The quantitative estimate of drug-likeness (QED) is 0.843. The molecule has 1 rings (SSSR count). The van der Waals surface area contributed by atoms with Crippen LogP contribution in [0.25, 0.3) is 0 Å². The van der Waals surface area contributed by atoms with Gasteiger partial charge in [0.1, 0.15) is 0 Å². The zero-order valence-corrected chi connectivity index (χ0v) is 11.0. The van der Waals surface area contributed by atoms with Crippen LogP contribution in [0.2, 0.25) is 0 Å². The number of thioether (sulfide) groups is 1. The van der Waals surface area contributed by atoms with Gasteiger partial charge < -0.3 is 15.2 Å². The first-order valence-corrected chi connectivity index (χ1v) is 6.55. The second-order valence-corrected chi connectivity index (χ2v) is 4.92. The Kier molecular flexibility index (Phi) is 5.15. The number of rotatable bonds is 5. The Labute approximate surface area is 105 Å². The summed E-state index contributed by atoms with van der Waals surface area (Å²) in [6, 6.07) is 4.60. The molecule has 1 amide bonds. The van der Waals surface area contributed by atoms with Crippen molar-refractivity contribution in [1.82, 2.24) is 5.32 Å². The molecule has 0 radical (unpaired) electrons. The van der Waals surface area contributed by atoms with Crippen molar-refractivity contribution in [3.63, 3.8) is 0 Å². The van der Waals surface area contributed by atoms with Gasteiger partial charge in [0.05, 0.1) is 7.11 Å². The summed E-state index contributed by atoms with van der Waals surface area (Å²) < 4.78 is 4.91. The van der Waals surface area contributed by atoms with Gasteiger partial charge in [-0.3, -0.25) is 4.79 Å². The maximum absolute atomic E-state index is 11.7. The number of nitrogens with one attached hydrogen (secondary N) is 1. The highest BCUT2D eigenvalue weighted by molar-refractivity contribution is 7.99. The van der Waals surface area contributed by atoms with Gasteiger partial charge in [0.2, 0.25) is 0 Å². The minimum Gasteiger partial charge on any atom is -0.504 e. The van der Waals surface area contributed by atoms with Crippen molar-refractivity contribution in [2.75, 3.05) is 19.9 Å². The van der Waals surface area contributed by atoms with Gasteiger partial charge in [0.25, 0.3) is 5.91 Å². The highest BCUT2D eigenvalue weighted by atomic mass is 32.2. The van der Waals surface area contributed by atoms with Gasteiger partial charge in [0, 0.05) is 17.4 Å². The average Bonchev–Trinajstić information content (AvgIpc) is 2.35. The molecule has 0 aliphatic heterocycles. The van der Waals surface area contributed by atoms with E-state index < -0.39 is 0 Å². The third-order valence-electron chi connectivity index (χ3n) is 2.39. The van der Waals surface area contributed by atoms with Crippen molar-refractivity contribution >= 4 is 17.7 Å². The van der Waals surface area contributed by atoms with Crippen molar-refractivity contribution in [2.24, 2.45) is 0 Å². The predicted octanol–water partition coefficient (Wildman–Crippen LogP) is 1.88. The standard InChI is InChI=1S/C12H17NO3S/c1-8(17-3)7-13-12(15)9-4-5-11(16-2)10(14)6-9/h4-6,8,14H,7H2,1-3H3,(H,13,15). The molecule has 1 atom stereocenters. The summed E-state index contributed by atoms with van der Waals surface area (Å²) in [5.41, 5.74) is 0.427. The van der Waals surface area contributed by atoms with Crippen molar-refractivity contribution in [3.05, 3.63) is 23.8 Å². The molecule has 1 aromatic carbocycles. The lowest BCUT2D eigenvalue weighted by atomic mass is 10.2. The van der Waals surface area contributed by atoms with Gasteiger partial charge in [-0.2, -0.15) is 11.8 Å². The Bertz CT molecular complexity index is 395. The summed E-state index contributed by atoms with van der Waals surface area (Å²) in [7, 11) is 1.47. The van der Waals surface area contributed by atoms with E-state index in [-0.39, 0.29) is 11.7 Å². The molecule has 2 N–H and O–H groups in total. The second-order valence-electron chi connectivity index (χ2n) is 3.64. The number of carbonyl (C=O) groups excluding carboxylic acids is 1. The monoisotopic (exact) mass is 255 g/mol. The maximum Gasteiger partial charge on any atom is 0.251 e. The molecule has 5 heteroatoms. The molecule has 4 nitrogen and oxygen atoms in total. The third-order valence-corrected chi connectivity index (χ3v) is 3.36. The molecule has 94 valence electrons. The molecule has 0 aromatic heterocycles. The molecule has 1 aromatic rings. The summed E-state index contributed by atoms with van der Waals surface area (Å²) in [6.45, 7) is 2.64. The highest BCUT2D eigenvalue weighted by Crippen LogP contribution is 2.26. The topological polar surface area (TPSA) is 58.6 Å². The van der Waals surface area contributed by atoms with Gasteiger partial charge in [-0.25, -0.2) is 0 Å². The molecule has 0 aliphatic rings. The van der Waals surface area contributed by atoms with Gasteiger partial charge >= 0.3 is 0 Å². The minimum absolute atomic E-state index is 0.0296. The van der Waals surface area contributed by atoms with Crippen LogP contribution in [0.5, 0.6) is 11.5 Å². The molecular formula is C12H17NO3S. The number of hydrogen-bond acceptors (Lipinski definition) is 4. The zero-order chi connectivity index (χ0) is 12.8. The summed E-state index contributed by atoms with van der Waals surface area (Å²) in [6.07, 6.45) is 2.00. The first kappa shape index (κ1) is 13.7. The minimum atomic E-state index is -0.191. The van der Waals surface area contributed by atoms with Gasteiger partial charge in [-0.1, -0.05) is 6.92 Å². The van der Waals surface area contributed by atoms with E-state index in [2.05, 4.69) is 5.32 Å². The van der Waals surface area contributed by atoms with E-state index in [0.29, 0.717) is 23.1 Å². The molecule has 0 heterocycles.